The van der Waals surface area contributed by atoms with Crippen LogP contribution in [0.5, 0.6) is 0 Å². The third-order valence-electron chi connectivity index (χ3n) is 5.23. The summed E-state index contributed by atoms with van der Waals surface area (Å²) in [7, 11) is 0. The van der Waals surface area contributed by atoms with Crippen LogP contribution < -0.4 is 10.6 Å². The number of hydrogen-bond acceptors (Lipinski definition) is 2. The molecule has 0 aliphatic carbocycles. The van der Waals surface area contributed by atoms with Crippen LogP contribution in [0.15, 0.2) is 48.5 Å². The minimum absolute atomic E-state index is 0.0687. The van der Waals surface area contributed by atoms with E-state index in [1.54, 1.807) is 18.2 Å². The molecular formula is C22H22ClN3O2. The molecule has 2 amide bonds. The highest BCUT2D eigenvalue weighted by molar-refractivity contribution is 6.31. The first-order valence-electron chi connectivity index (χ1n) is 9.39. The van der Waals surface area contributed by atoms with Crippen LogP contribution in [0.2, 0.25) is 5.02 Å². The highest BCUT2D eigenvalue weighted by Crippen LogP contribution is 2.28. The summed E-state index contributed by atoms with van der Waals surface area (Å²) in [6.45, 7) is 4.16. The van der Waals surface area contributed by atoms with Crippen LogP contribution in [0.1, 0.15) is 41.5 Å². The van der Waals surface area contributed by atoms with Crippen LogP contribution in [-0.4, -0.2) is 22.8 Å². The molecule has 28 heavy (non-hydrogen) atoms. The van der Waals surface area contributed by atoms with Gasteiger partial charge >= 0.3 is 0 Å². The molecule has 2 aromatic carbocycles. The molecule has 144 valence electrons. The summed E-state index contributed by atoms with van der Waals surface area (Å²) in [6.07, 6.45) is 0.461. The molecule has 1 aliphatic heterocycles. The summed E-state index contributed by atoms with van der Waals surface area (Å²) >= 11 is 6.02. The number of carbonyl (C=O) groups is 2. The Hall–Kier alpha value is -2.79. The predicted octanol–water partition coefficient (Wildman–Crippen LogP) is 3.99. The van der Waals surface area contributed by atoms with Crippen molar-refractivity contribution in [3.63, 3.8) is 0 Å². The van der Waals surface area contributed by atoms with Crippen molar-refractivity contribution in [3.05, 3.63) is 70.4 Å². The van der Waals surface area contributed by atoms with Crippen molar-refractivity contribution in [1.82, 2.24) is 15.6 Å². The Bertz CT molecular complexity index is 1060. The first kappa shape index (κ1) is 18.6. The first-order chi connectivity index (χ1) is 13.4. The number of hydrogen-bond donors (Lipinski definition) is 3. The van der Waals surface area contributed by atoms with Gasteiger partial charge < -0.3 is 15.6 Å². The Kier molecular flexibility index (Phi) is 4.85. The summed E-state index contributed by atoms with van der Waals surface area (Å²) in [5, 5.41) is 7.44. The molecule has 0 fully saturated rings. The van der Waals surface area contributed by atoms with Crippen molar-refractivity contribution in [1.29, 1.82) is 0 Å². The highest BCUT2D eigenvalue weighted by Gasteiger charge is 2.31. The number of benzene rings is 2. The zero-order valence-electron chi connectivity index (χ0n) is 15.8. The number of rotatable bonds is 3. The van der Waals surface area contributed by atoms with E-state index < -0.39 is 6.04 Å². The van der Waals surface area contributed by atoms with E-state index in [4.69, 9.17) is 11.6 Å². The van der Waals surface area contributed by atoms with Gasteiger partial charge in [-0.25, -0.2) is 0 Å². The number of nitrogens with one attached hydrogen (secondary N) is 3. The maximum atomic E-state index is 12.8. The Morgan fingerprint density at radius 3 is 2.75 bits per heavy atom. The van der Waals surface area contributed by atoms with Crippen LogP contribution in [-0.2, 0) is 11.2 Å². The van der Waals surface area contributed by atoms with Gasteiger partial charge in [-0.15, -0.1) is 0 Å². The van der Waals surface area contributed by atoms with Crippen LogP contribution in [0.25, 0.3) is 10.9 Å². The quantitative estimate of drug-likeness (QED) is 0.627. The summed E-state index contributed by atoms with van der Waals surface area (Å²) < 4.78 is 0. The molecule has 0 unspecified atom stereocenters. The lowest BCUT2D eigenvalue weighted by atomic mass is 9.92. The summed E-state index contributed by atoms with van der Waals surface area (Å²) in [5.41, 5.74) is 3.42. The summed E-state index contributed by atoms with van der Waals surface area (Å²) in [6, 6.07) is 14.5. The van der Waals surface area contributed by atoms with Gasteiger partial charge in [0.05, 0.1) is 6.04 Å². The van der Waals surface area contributed by atoms with Crippen molar-refractivity contribution in [2.24, 2.45) is 5.92 Å². The smallest absolute Gasteiger partial charge is 0.268 e. The van der Waals surface area contributed by atoms with Crippen LogP contribution >= 0.6 is 11.6 Å². The maximum absolute atomic E-state index is 12.8. The van der Waals surface area contributed by atoms with E-state index >= 15 is 0 Å². The minimum atomic E-state index is -0.632. The van der Waals surface area contributed by atoms with Gasteiger partial charge in [-0.2, -0.15) is 0 Å². The molecule has 1 aliphatic rings. The summed E-state index contributed by atoms with van der Waals surface area (Å²) in [5.74, 6) is -0.228. The van der Waals surface area contributed by atoms with Gasteiger partial charge in [-0.05, 0) is 41.3 Å². The van der Waals surface area contributed by atoms with E-state index in [1.165, 1.54) is 0 Å². The number of H-pyrrole nitrogens is 1. The highest BCUT2D eigenvalue weighted by atomic mass is 35.5. The molecule has 0 saturated carbocycles. The molecular weight excluding hydrogens is 374 g/mol. The van der Waals surface area contributed by atoms with Crippen LogP contribution in [0.4, 0.5) is 0 Å². The Morgan fingerprint density at radius 1 is 1.18 bits per heavy atom. The molecule has 5 nitrogen and oxygen atoms in total. The van der Waals surface area contributed by atoms with E-state index in [0.29, 0.717) is 17.1 Å². The lowest BCUT2D eigenvalue weighted by molar-refractivity contribution is -0.123. The maximum Gasteiger partial charge on any atom is 0.268 e. The molecule has 4 rings (SSSR count). The number of fused-ring (bicyclic) bond motifs is 2. The average molecular weight is 396 g/mol. The second-order valence-corrected chi connectivity index (χ2v) is 8.01. The largest absolute Gasteiger partial charge is 0.351 e. The molecule has 6 heteroatoms. The average Bonchev–Trinajstić information content (AvgIpc) is 3.03. The van der Waals surface area contributed by atoms with E-state index in [-0.39, 0.29) is 23.8 Å². The number of carbonyl (C=O) groups excluding carboxylic acids is 2. The fourth-order valence-electron chi connectivity index (χ4n) is 3.77. The SMILES string of the molecule is CC(C)[C@H]1NC(=O)[C@H](NC(=O)c2cc3cc(Cl)ccc3[nH]2)Cc2ccccc21. The van der Waals surface area contributed by atoms with Gasteiger partial charge in [0.25, 0.3) is 5.91 Å². The van der Waals surface area contributed by atoms with Crippen molar-refractivity contribution in [2.45, 2.75) is 32.4 Å². The monoisotopic (exact) mass is 395 g/mol. The van der Waals surface area contributed by atoms with Gasteiger partial charge in [-0.1, -0.05) is 49.7 Å². The predicted molar refractivity (Wildman–Crippen MR) is 110 cm³/mol. The first-order valence-corrected chi connectivity index (χ1v) is 9.77. The van der Waals surface area contributed by atoms with Gasteiger partial charge in [0, 0.05) is 22.3 Å². The van der Waals surface area contributed by atoms with Crippen molar-refractivity contribution in [2.75, 3.05) is 0 Å². The molecule has 2 atom stereocenters. The molecule has 1 aromatic heterocycles. The van der Waals surface area contributed by atoms with E-state index in [2.05, 4.69) is 29.5 Å². The minimum Gasteiger partial charge on any atom is -0.351 e. The molecule has 0 spiro atoms. The normalized spacial score (nSPS) is 19.2. The number of halogens is 1. The van der Waals surface area contributed by atoms with Crippen molar-refractivity contribution >= 4 is 34.3 Å². The molecule has 2 heterocycles. The molecule has 0 saturated heterocycles. The second kappa shape index (κ2) is 7.32. The topological polar surface area (TPSA) is 74.0 Å². The van der Waals surface area contributed by atoms with Gasteiger partial charge in [-0.3, -0.25) is 9.59 Å². The van der Waals surface area contributed by atoms with Crippen molar-refractivity contribution < 1.29 is 9.59 Å². The summed E-state index contributed by atoms with van der Waals surface area (Å²) in [4.78, 5) is 28.7. The van der Waals surface area contributed by atoms with Crippen molar-refractivity contribution in [3.8, 4) is 0 Å². The van der Waals surface area contributed by atoms with Gasteiger partial charge in [0.15, 0.2) is 0 Å². The van der Waals surface area contributed by atoms with E-state index in [9.17, 15) is 9.59 Å². The lowest BCUT2D eigenvalue weighted by Gasteiger charge is -2.22. The zero-order chi connectivity index (χ0) is 19.8. The lowest BCUT2D eigenvalue weighted by Crippen LogP contribution is -2.47. The fraction of sp³-hybridized carbons (Fsp3) is 0.273. The zero-order valence-corrected chi connectivity index (χ0v) is 16.5. The number of aromatic amines is 1. The van der Waals surface area contributed by atoms with Crippen LogP contribution in [0.3, 0.4) is 0 Å². The Balaban J connectivity index is 1.60. The van der Waals surface area contributed by atoms with Gasteiger partial charge in [0.1, 0.15) is 11.7 Å². The van der Waals surface area contributed by atoms with Gasteiger partial charge in [0.2, 0.25) is 5.91 Å². The fourth-order valence-corrected chi connectivity index (χ4v) is 3.95. The standard InChI is InChI=1S/C22H22ClN3O2/c1-12(2)20-16-6-4-3-5-13(16)10-19(22(28)26-20)25-21(27)18-11-14-9-15(23)7-8-17(14)24-18/h3-9,11-12,19-20,24H,10H2,1-2H3,(H,25,27)(H,26,28)/t19-,20-/m1/s1. The molecule has 3 N–H and O–H groups in total. The molecule has 0 radical (unpaired) electrons. The third-order valence-corrected chi connectivity index (χ3v) is 5.46. The molecule has 0 bridgehead atoms. The third kappa shape index (κ3) is 3.50. The Labute approximate surface area is 168 Å². The van der Waals surface area contributed by atoms with E-state index in [1.807, 2.05) is 30.3 Å². The van der Waals surface area contributed by atoms with Crippen LogP contribution in [0, 0.1) is 5.92 Å². The second-order valence-electron chi connectivity index (χ2n) is 7.57. The molecule has 3 aromatic rings. The van der Waals surface area contributed by atoms with E-state index in [0.717, 1.165) is 22.0 Å². The Morgan fingerprint density at radius 2 is 1.96 bits per heavy atom. The number of amides is 2. The number of aromatic nitrogens is 1.